The normalized spacial score (nSPS) is 10.5. The summed E-state index contributed by atoms with van der Waals surface area (Å²) >= 11 is 1.67. The molecular weight excluding hydrogens is 120 g/mol. The molecule has 0 amide bonds. The number of thiophene rings is 1. The zero-order valence-corrected chi connectivity index (χ0v) is 4.90. The molecule has 3 heteroatoms. The molecule has 0 fully saturated rings. The Morgan fingerprint density at radius 3 is 3.50 bits per heavy atom. The number of H-pyrrole nitrogens is 1. The van der Waals surface area contributed by atoms with Crippen molar-refractivity contribution in [2.45, 2.75) is 0 Å². The second kappa shape index (κ2) is 1.32. The molecule has 2 aromatic rings. The van der Waals surface area contributed by atoms with Gasteiger partial charge in [0.05, 0.1) is 17.4 Å². The molecule has 0 aliphatic carbocycles. The van der Waals surface area contributed by atoms with Gasteiger partial charge < -0.3 is 4.98 Å². The lowest BCUT2D eigenvalue weighted by atomic mass is 10.5. The Labute approximate surface area is 51.7 Å². The predicted molar refractivity (Wildman–Crippen MR) is 35.1 cm³/mol. The Morgan fingerprint density at radius 1 is 1.62 bits per heavy atom. The smallest absolute Gasteiger partial charge is 0.344 e. The van der Waals surface area contributed by atoms with E-state index in [1.165, 1.54) is 0 Å². The first-order valence-corrected chi connectivity index (χ1v) is 3.26. The summed E-state index contributed by atoms with van der Waals surface area (Å²) in [6.07, 6.45) is 1.71. The van der Waals surface area contributed by atoms with Crippen molar-refractivity contribution >= 4 is 22.4 Å². The molecule has 1 N–H and O–H groups in total. The second-order valence-corrected chi connectivity index (χ2v) is 2.32. The highest BCUT2D eigenvalue weighted by Crippen LogP contribution is 2.12. The standard InChI is InChI=1S/C5H4N2S/c1-4-5(2-8-1)7-3-6-4/h1-3H,(H,6,7)/p+1. The van der Waals surface area contributed by atoms with Crippen LogP contribution in [0.1, 0.15) is 1.43 Å². The van der Waals surface area contributed by atoms with E-state index in [0.29, 0.717) is 0 Å². The molecule has 8 heavy (non-hydrogen) atoms. The maximum atomic E-state index is 4.03. The van der Waals surface area contributed by atoms with Crippen LogP contribution in [-0.2, 0) is 0 Å². The van der Waals surface area contributed by atoms with E-state index >= 15 is 0 Å². The first-order valence-electron chi connectivity index (χ1n) is 2.32. The first-order chi connectivity index (χ1) is 3.97. The largest absolute Gasteiger partial charge is 1.00 e. The summed E-state index contributed by atoms with van der Waals surface area (Å²) in [4.78, 5) is 7.03. The summed E-state index contributed by atoms with van der Waals surface area (Å²) in [6.45, 7) is 0. The maximum Gasteiger partial charge on any atom is 1.00 e. The zero-order valence-electron chi connectivity index (χ0n) is 5.09. The summed E-state index contributed by atoms with van der Waals surface area (Å²) in [7, 11) is 0. The van der Waals surface area contributed by atoms with Gasteiger partial charge in [-0.3, -0.25) is 0 Å². The van der Waals surface area contributed by atoms with E-state index < -0.39 is 0 Å². The van der Waals surface area contributed by atoms with Crippen molar-refractivity contribution in [2.24, 2.45) is 0 Å². The molecule has 0 saturated carbocycles. The van der Waals surface area contributed by atoms with Gasteiger partial charge in [0.25, 0.3) is 0 Å². The van der Waals surface area contributed by atoms with Crippen molar-refractivity contribution < 1.29 is 1.43 Å². The maximum absolute atomic E-state index is 4.03. The Bertz CT molecular complexity index is 236. The molecular formula is C5H5N2S+. The Morgan fingerprint density at radius 2 is 2.62 bits per heavy atom. The first kappa shape index (κ1) is 4.09. The zero-order chi connectivity index (χ0) is 5.40. The third kappa shape index (κ3) is 0.391. The number of hydrogen-bond donors (Lipinski definition) is 1. The number of hydrogen-bond acceptors (Lipinski definition) is 2. The molecule has 0 aliphatic rings. The van der Waals surface area contributed by atoms with Crippen LogP contribution in [0, 0.1) is 0 Å². The minimum absolute atomic E-state index is 0. The summed E-state index contributed by atoms with van der Waals surface area (Å²) in [6, 6.07) is 0. The summed E-state index contributed by atoms with van der Waals surface area (Å²) in [5.74, 6) is 0. The molecule has 2 heterocycles. The highest BCUT2D eigenvalue weighted by molar-refractivity contribution is 7.09. The van der Waals surface area contributed by atoms with E-state index in [-0.39, 0.29) is 1.43 Å². The van der Waals surface area contributed by atoms with E-state index in [9.17, 15) is 0 Å². The van der Waals surface area contributed by atoms with Crippen LogP contribution in [0.4, 0.5) is 0 Å². The van der Waals surface area contributed by atoms with E-state index in [1.807, 2.05) is 10.8 Å². The van der Waals surface area contributed by atoms with E-state index in [4.69, 9.17) is 0 Å². The molecule has 0 radical (unpaired) electrons. The SMILES string of the molecule is [H+].c1nc2cscc2[nH]1. The molecule has 2 aromatic heterocycles. The second-order valence-electron chi connectivity index (χ2n) is 1.57. The monoisotopic (exact) mass is 125 g/mol. The number of fused-ring (bicyclic) bond motifs is 1. The number of rotatable bonds is 0. The lowest BCUT2D eigenvalue weighted by molar-refractivity contribution is 1.34. The quantitative estimate of drug-likeness (QED) is 0.570. The molecule has 2 rings (SSSR count). The van der Waals surface area contributed by atoms with Crippen LogP contribution in [0.5, 0.6) is 0 Å². The predicted octanol–water partition coefficient (Wildman–Crippen LogP) is 1.74. The molecule has 0 spiro atoms. The van der Waals surface area contributed by atoms with E-state index in [1.54, 1.807) is 17.7 Å². The van der Waals surface area contributed by atoms with Gasteiger partial charge in [0, 0.05) is 10.8 Å². The number of nitrogens with one attached hydrogen (secondary N) is 1. The Balaban J connectivity index is 0.000000405. The van der Waals surface area contributed by atoms with Gasteiger partial charge in [-0.15, -0.1) is 11.3 Å². The third-order valence-electron chi connectivity index (χ3n) is 1.07. The Kier molecular flexibility index (Phi) is 0.676. The van der Waals surface area contributed by atoms with Crippen LogP contribution in [0.15, 0.2) is 17.1 Å². The summed E-state index contributed by atoms with van der Waals surface area (Å²) in [5.41, 5.74) is 2.20. The lowest BCUT2D eigenvalue weighted by Crippen LogP contribution is -1.49. The van der Waals surface area contributed by atoms with Crippen LogP contribution < -0.4 is 0 Å². The molecule has 0 bridgehead atoms. The highest BCUT2D eigenvalue weighted by atomic mass is 32.1. The van der Waals surface area contributed by atoms with Gasteiger partial charge in [-0.25, -0.2) is 4.98 Å². The van der Waals surface area contributed by atoms with Crippen molar-refractivity contribution in [1.29, 1.82) is 0 Å². The van der Waals surface area contributed by atoms with Gasteiger partial charge in [-0.1, -0.05) is 0 Å². The van der Waals surface area contributed by atoms with Crippen molar-refractivity contribution in [2.75, 3.05) is 0 Å². The molecule has 40 valence electrons. The fraction of sp³-hybridized carbons (Fsp3) is 0. The van der Waals surface area contributed by atoms with Crippen LogP contribution in [0.25, 0.3) is 11.0 Å². The van der Waals surface area contributed by atoms with Gasteiger partial charge in [-0.2, -0.15) is 0 Å². The van der Waals surface area contributed by atoms with Crippen LogP contribution in [0.2, 0.25) is 0 Å². The number of nitrogens with zero attached hydrogens (tertiary/aromatic N) is 1. The average molecular weight is 125 g/mol. The van der Waals surface area contributed by atoms with Crippen molar-refractivity contribution in [3.05, 3.63) is 17.1 Å². The molecule has 0 aliphatic heterocycles. The van der Waals surface area contributed by atoms with Crippen LogP contribution in [0.3, 0.4) is 0 Å². The van der Waals surface area contributed by atoms with Crippen molar-refractivity contribution in [1.82, 2.24) is 9.97 Å². The van der Waals surface area contributed by atoms with Crippen LogP contribution in [-0.4, -0.2) is 9.97 Å². The van der Waals surface area contributed by atoms with Gasteiger partial charge >= 0.3 is 1.43 Å². The summed E-state index contributed by atoms with van der Waals surface area (Å²) < 4.78 is 0. The van der Waals surface area contributed by atoms with Crippen molar-refractivity contribution in [3.8, 4) is 0 Å². The minimum atomic E-state index is 0. The third-order valence-corrected chi connectivity index (χ3v) is 1.80. The van der Waals surface area contributed by atoms with E-state index in [2.05, 4.69) is 9.97 Å². The van der Waals surface area contributed by atoms with Gasteiger partial charge in [-0.05, 0) is 0 Å². The number of aromatic nitrogens is 2. The molecule has 0 saturated heterocycles. The summed E-state index contributed by atoms with van der Waals surface area (Å²) in [5, 5.41) is 4.06. The van der Waals surface area contributed by atoms with Gasteiger partial charge in [0.2, 0.25) is 0 Å². The average Bonchev–Trinajstić information content (AvgIpc) is 2.15. The number of imidazole rings is 1. The fourth-order valence-corrected chi connectivity index (χ4v) is 1.38. The van der Waals surface area contributed by atoms with Gasteiger partial charge in [0.15, 0.2) is 0 Å². The molecule has 0 aromatic carbocycles. The van der Waals surface area contributed by atoms with Crippen LogP contribution >= 0.6 is 11.3 Å². The van der Waals surface area contributed by atoms with Gasteiger partial charge in [0.1, 0.15) is 0 Å². The number of aromatic amines is 1. The topological polar surface area (TPSA) is 28.7 Å². The van der Waals surface area contributed by atoms with E-state index in [0.717, 1.165) is 11.0 Å². The molecule has 0 unspecified atom stereocenters. The molecule has 2 nitrogen and oxygen atoms in total. The molecule has 0 atom stereocenters. The fourth-order valence-electron chi connectivity index (χ4n) is 0.670. The Hall–Kier alpha value is -0.830. The highest BCUT2D eigenvalue weighted by Gasteiger charge is 1.91. The minimum Gasteiger partial charge on any atom is -0.344 e. The van der Waals surface area contributed by atoms with Crippen molar-refractivity contribution in [3.63, 3.8) is 0 Å². The lowest BCUT2D eigenvalue weighted by Gasteiger charge is -1.64.